The van der Waals surface area contributed by atoms with Crippen LogP contribution in [-0.2, 0) is 11.0 Å². The summed E-state index contributed by atoms with van der Waals surface area (Å²) < 4.78 is 37.4. The predicted octanol–water partition coefficient (Wildman–Crippen LogP) is 3.41. The molecular formula is C11H9ClF3NO2. The number of carboxylic acids is 1. The first-order chi connectivity index (χ1) is 8.29. The number of aliphatic carboxylic acids is 1. The van der Waals surface area contributed by atoms with Gasteiger partial charge >= 0.3 is 12.1 Å². The fourth-order valence-electron chi connectivity index (χ4n) is 1.19. The molecule has 0 saturated carbocycles. The van der Waals surface area contributed by atoms with Crippen LogP contribution in [0.2, 0.25) is 5.02 Å². The highest BCUT2D eigenvalue weighted by molar-refractivity contribution is 6.30. The second-order valence-corrected chi connectivity index (χ2v) is 3.78. The summed E-state index contributed by atoms with van der Waals surface area (Å²) >= 11 is 5.57. The van der Waals surface area contributed by atoms with E-state index in [-0.39, 0.29) is 17.3 Å². The van der Waals surface area contributed by atoms with E-state index >= 15 is 0 Å². The molecule has 1 aromatic rings. The Labute approximate surface area is 106 Å². The molecular weight excluding hydrogens is 271 g/mol. The van der Waals surface area contributed by atoms with Crippen molar-refractivity contribution in [2.75, 3.05) is 11.9 Å². The van der Waals surface area contributed by atoms with Crippen LogP contribution in [0, 0.1) is 0 Å². The van der Waals surface area contributed by atoms with E-state index in [9.17, 15) is 18.0 Å². The summed E-state index contributed by atoms with van der Waals surface area (Å²) in [5, 5.41) is 10.9. The molecule has 18 heavy (non-hydrogen) atoms. The summed E-state index contributed by atoms with van der Waals surface area (Å²) in [4.78, 5) is 10.2. The van der Waals surface area contributed by atoms with Crippen molar-refractivity contribution in [3.63, 3.8) is 0 Å². The summed E-state index contributed by atoms with van der Waals surface area (Å²) in [6.07, 6.45) is -2.31. The van der Waals surface area contributed by atoms with Gasteiger partial charge in [-0.1, -0.05) is 17.7 Å². The molecule has 0 unspecified atom stereocenters. The number of carbonyl (C=O) groups is 1. The molecule has 0 atom stereocenters. The average molecular weight is 280 g/mol. The molecule has 3 nitrogen and oxygen atoms in total. The summed E-state index contributed by atoms with van der Waals surface area (Å²) in [6, 6.07) is 3.05. The molecule has 7 heteroatoms. The molecule has 0 fully saturated rings. The van der Waals surface area contributed by atoms with Gasteiger partial charge in [0.1, 0.15) is 0 Å². The number of carboxylic acid groups (broad SMARTS) is 1. The first kappa shape index (κ1) is 14.4. The minimum atomic E-state index is -4.47. The number of alkyl halides is 3. The minimum absolute atomic E-state index is 0.0467. The Morgan fingerprint density at radius 1 is 1.39 bits per heavy atom. The summed E-state index contributed by atoms with van der Waals surface area (Å²) in [7, 11) is 0. The molecule has 0 saturated heterocycles. The molecule has 0 aliphatic heterocycles. The number of anilines is 1. The number of nitrogens with one attached hydrogen (secondary N) is 1. The monoisotopic (exact) mass is 279 g/mol. The number of hydrogen-bond donors (Lipinski definition) is 2. The van der Waals surface area contributed by atoms with Crippen LogP contribution < -0.4 is 5.32 Å². The third-order valence-electron chi connectivity index (χ3n) is 1.91. The fraction of sp³-hybridized carbons (Fsp3) is 0.182. The van der Waals surface area contributed by atoms with Crippen LogP contribution in [0.5, 0.6) is 0 Å². The van der Waals surface area contributed by atoms with Crippen molar-refractivity contribution in [3.05, 3.63) is 40.9 Å². The standard InChI is InChI=1S/C11H9ClF3NO2/c12-8-4-7(11(13,14)15)5-9(6-8)16-3-1-2-10(17)18/h1-2,4-6,16H,3H2,(H,17,18)/b2-1+. The van der Waals surface area contributed by atoms with Crippen LogP contribution in [0.1, 0.15) is 5.56 Å². The van der Waals surface area contributed by atoms with Gasteiger partial charge in [-0.2, -0.15) is 13.2 Å². The molecule has 2 N–H and O–H groups in total. The van der Waals surface area contributed by atoms with Crippen LogP contribution in [0.4, 0.5) is 18.9 Å². The summed E-state index contributed by atoms with van der Waals surface area (Å²) in [5.74, 6) is -1.13. The van der Waals surface area contributed by atoms with Gasteiger partial charge in [0, 0.05) is 23.3 Å². The molecule has 1 aromatic carbocycles. The van der Waals surface area contributed by atoms with E-state index < -0.39 is 17.7 Å². The first-order valence-electron chi connectivity index (χ1n) is 4.80. The van der Waals surface area contributed by atoms with Crippen LogP contribution >= 0.6 is 11.6 Å². The highest BCUT2D eigenvalue weighted by Crippen LogP contribution is 2.33. The van der Waals surface area contributed by atoms with Crippen LogP contribution in [-0.4, -0.2) is 17.6 Å². The number of halogens is 4. The molecule has 0 bridgehead atoms. The van der Waals surface area contributed by atoms with Gasteiger partial charge in [0.15, 0.2) is 0 Å². The second-order valence-electron chi connectivity index (χ2n) is 3.35. The molecule has 0 aliphatic rings. The van der Waals surface area contributed by atoms with Gasteiger partial charge in [-0.05, 0) is 18.2 Å². The third-order valence-corrected chi connectivity index (χ3v) is 2.13. The van der Waals surface area contributed by atoms with Gasteiger partial charge in [0.25, 0.3) is 0 Å². The van der Waals surface area contributed by atoms with Gasteiger partial charge < -0.3 is 10.4 Å². The van der Waals surface area contributed by atoms with Gasteiger partial charge in [0.2, 0.25) is 0 Å². The number of benzene rings is 1. The van der Waals surface area contributed by atoms with Crippen molar-refractivity contribution < 1.29 is 23.1 Å². The van der Waals surface area contributed by atoms with Crippen molar-refractivity contribution >= 4 is 23.3 Å². The van der Waals surface area contributed by atoms with Crippen molar-refractivity contribution in [3.8, 4) is 0 Å². The fourth-order valence-corrected chi connectivity index (χ4v) is 1.43. The van der Waals surface area contributed by atoms with Gasteiger partial charge in [-0.15, -0.1) is 0 Å². The van der Waals surface area contributed by atoms with E-state index in [0.29, 0.717) is 0 Å². The Morgan fingerprint density at radius 3 is 2.61 bits per heavy atom. The third kappa shape index (κ3) is 4.67. The molecule has 0 aliphatic carbocycles. The Bertz CT molecular complexity index is 472. The minimum Gasteiger partial charge on any atom is -0.478 e. The van der Waals surface area contributed by atoms with Gasteiger partial charge in [-0.25, -0.2) is 4.79 Å². The molecule has 0 radical (unpaired) electrons. The lowest BCUT2D eigenvalue weighted by Gasteiger charge is -2.10. The maximum Gasteiger partial charge on any atom is 0.416 e. The first-order valence-corrected chi connectivity index (χ1v) is 5.18. The van der Waals surface area contributed by atoms with E-state index in [1.54, 1.807) is 0 Å². The lowest BCUT2D eigenvalue weighted by molar-refractivity contribution is -0.137. The van der Waals surface area contributed by atoms with Crippen LogP contribution in [0.3, 0.4) is 0 Å². The van der Waals surface area contributed by atoms with Crippen LogP contribution in [0.25, 0.3) is 0 Å². The quantitative estimate of drug-likeness (QED) is 0.831. The zero-order valence-corrected chi connectivity index (χ0v) is 9.72. The van der Waals surface area contributed by atoms with Crippen molar-refractivity contribution in [1.82, 2.24) is 0 Å². The van der Waals surface area contributed by atoms with Crippen molar-refractivity contribution in [2.24, 2.45) is 0 Å². The second kappa shape index (κ2) is 5.77. The molecule has 0 amide bonds. The summed E-state index contributed by atoms with van der Waals surface area (Å²) in [6.45, 7) is 0.0872. The van der Waals surface area contributed by atoms with E-state index in [2.05, 4.69) is 5.32 Å². The number of hydrogen-bond acceptors (Lipinski definition) is 2. The van der Waals surface area contributed by atoms with Crippen LogP contribution in [0.15, 0.2) is 30.4 Å². The van der Waals surface area contributed by atoms with E-state index in [1.165, 1.54) is 12.1 Å². The van der Waals surface area contributed by atoms with E-state index in [4.69, 9.17) is 16.7 Å². The SMILES string of the molecule is O=C(O)/C=C/CNc1cc(Cl)cc(C(F)(F)F)c1. The smallest absolute Gasteiger partial charge is 0.416 e. The Hall–Kier alpha value is -1.69. The lowest BCUT2D eigenvalue weighted by Crippen LogP contribution is -2.07. The van der Waals surface area contributed by atoms with E-state index in [0.717, 1.165) is 18.2 Å². The van der Waals surface area contributed by atoms with Gasteiger partial charge in [-0.3, -0.25) is 0 Å². The lowest BCUT2D eigenvalue weighted by atomic mass is 10.2. The average Bonchev–Trinajstić information content (AvgIpc) is 2.22. The largest absolute Gasteiger partial charge is 0.478 e. The Morgan fingerprint density at radius 2 is 2.06 bits per heavy atom. The highest BCUT2D eigenvalue weighted by atomic mass is 35.5. The maximum absolute atomic E-state index is 12.5. The van der Waals surface area contributed by atoms with E-state index in [1.807, 2.05) is 0 Å². The van der Waals surface area contributed by atoms with Crippen molar-refractivity contribution in [2.45, 2.75) is 6.18 Å². The van der Waals surface area contributed by atoms with Crippen molar-refractivity contribution in [1.29, 1.82) is 0 Å². The molecule has 1 rings (SSSR count). The molecule has 98 valence electrons. The maximum atomic E-state index is 12.5. The Balaban J connectivity index is 2.78. The molecule has 0 heterocycles. The zero-order valence-electron chi connectivity index (χ0n) is 8.96. The number of rotatable bonds is 4. The molecule has 0 spiro atoms. The summed E-state index contributed by atoms with van der Waals surface area (Å²) in [5.41, 5.74) is -0.690. The normalized spacial score (nSPS) is 11.8. The highest BCUT2D eigenvalue weighted by Gasteiger charge is 2.31. The van der Waals surface area contributed by atoms with Gasteiger partial charge in [0.05, 0.1) is 5.56 Å². The topological polar surface area (TPSA) is 49.3 Å². The zero-order chi connectivity index (χ0) is 13.8. The molecule has 0 aromatic heterocycles. The predicted molar refractivity (Wildman–Crippen MR) is 61.7 cm³/mol. The Kier molecular flexibility index (Phi) is 4.61.